The number of ether oxygens (including phenoxy) is 1. The summed E-state index contributed by atoms with van der Waals surface area (Å²) < 4.78 is 5.99. The Bertz CT molecular complexity index is 1200. The van der Waals surface area contributed by atoms with Gasteiger partial charge in [-0.2, -0.15) is 4.98 Å². The number of aryl methyl sites for hydroxylation is 1. The smallest absolute Gasteiger partial charge is 0.229 e. The summed E-state index contributed by atoms with van der Waals surface area (Å²) in [4.78, 5) is 26.9. The quantitative estimate of drug-likeness (QED) is 0.482. The van der Waals surface area contributed by atoms with E-state index in [2.05, 4.69) is 71.7 Å². The number of likely N-dealkylation sites (N-methyl/N-ethyl adjacent to an activating group) is 1. The maximum Gasteiger partial charge on any atom is 0.229 e. The molecule has 206 valence electrons. The first kappa shape index (κ1) is 26.5. The van der Waals surface area contributed by atoms with Crippen molar-refractivity contribution in [1.29, 1.82) is 0 Å². The molecule has 9 nitrogen and oxygen atoms in total. The van der Waals surface area contributed by atoms with E-state index in [0.717, 1.165) is 61.0 Å². The van der Waals surface area contributed by atoms with Crippen LogP contribution < -0.4 is 25.6 Å². The van der Waals surface area contributed by atoms with E-state index < -0.39 is 5.54 Å². The van der Waals surface area contributed by atoms with E-state index >= 15 is 0 Å². The Labute approximate surface area is 226 Å². The second-order valence-electron chi connectivity index (χ2n) is 12.3. The fourth-order valence-electron chi connectivity index (χ4n) is 6.85. The van der Waals surface area contributed by atoms with E-state index in [1.54, 1.807) is 7.05 Å². The topological polar surface area (TPSA) is 94.6 Å². The number of benzene rings is 1. The van der Waals surface area contributed by atoms with Gasteiger partial charge in [0.25, 0.3) is 0 Å². The zero-order chi connectivity index (χ0) is 27.2. The number of amides is 1. The monoisotopic (exact) mass is 521 g/mol. The number of hydrogen-bond acceptors (Lipinski definition) is 8. The van der Waals surface area contributed by atoms with Crippen molar-refractivity contribution < 1.29 is 9.53 Å². The van der Waals surface area contributed by atoms with E-state index in [1.807, 2.05) is 25.3 Å². The van der Waals surface area contributed by atoms with Gasteiger partial charge in [-0.05, 0) is 70.2 Å². The Morgan fingerprint density at radius 1 is 1.24 bits per heavy atom. The summed E-state index contributed by atoms with van der Waals surface area (Å²) in [6, 6.07) is 6.17. The molecule has 3 saturated carbocycles. The van der Waals surface area contributed by atoms with Crippen molar-refractivity contribution in [1.82, 2.24) is 20.2 Å². The van der Waals surface area contributed by atoms with Crippen molar-refractivity contribution in [3.8, 4) is 5.75 Å². The van der Waals surface area contributed by atoms with Gasteiger partial charge in [0.15, 0.2) is 0 Å². The molecule has 6 rings (SSSR count). The zero-order valence-corrected chi connectivity index (χ0v) is 23.9. The highest BCUT2D eigenvalue weighted by Gasteiger charge is 2.64. The summed E-state index contributed by atoms with van der Waals surface area (Å²) in [6.45, 7) is 12.4. The van der Waals surface area contributed by atoms with E-state index in [1.165, 1.54) is 0 Å². The van der Waals surface area contributed by atoms with E-state index in [9.17, 15) is 4.79 Å². The second kappa shape index (κ2) is 9.91. The predicted molar refractivity (Wildman–Crippen MR) is 152 cm³/mol. The number of nitrogens with zero attached hydrogens (tertiary/aromatic N) is 4. The van der Waals surface area contributed by atoms with Gasteiger partial charge in [-0.25, -0.2) is 4.98 Å². The lowest BCUT2D eigenvalue weighted by Gasteiger charge is -2.66. The highest BCUT2D eigenvalue weighted by Crippen LogP contribution is 2.65. The molecule has 0 saturated heterocycles. The molecule has 9 heteroatoms. The Morgan fingerprint density at radius 3 is 2.74 bits per heavy atom. The van der Waals surface area contributed by atoms with Crippen LogP contribution in [-0.4, -0.2) is 73.7 Å². The van der Waals surface area contributed by atoms with Crippen LogP contribution in [0.2, 0.25) is 0 Å². The van der Waals surface area contributed by atoms with Crippen molar-refractivity contribution >= 4 is 29.0 Å². The van der Waals surface area contributed by atoms with Crippen molar-refractivity contribution in [2.45, 2.75) is 46.1 Å². The first-order chi connectivity index (χ1) is 18.0. The van der Waals surface area contributed by atoms with Crippen LogP contribution in [0.4, 0.5) is 23.1 Å². The summed E-state index contributed by atoms with van der Waals surface area (Å²) in [6.07, 6.45) is 3.87. The Balaban J connectivity index is 1.37. The summed E-state index contributed by atoms with van der Waals surface area (Å²) in [5, 5.41) is 10.0. The van der Waals surface area contributed by atoms with Crippen molar-refractivity contribution in [3.63, 3.8) is 0 Å². The van der Waals surface area contributed by atoms with Gasteiger partial charge in [0.05, 0.1) is 23.7 Å². The number of aromatic nitrogens is 2. The van der Waals surface area contributed by atoms with Crippen LogP contribution in [0.5, 0.6) is 5.75 Å². The third kappa shape index (κ3) is 4.65. The molecular formula is C29H43N7O2. The maximum absolute atomic E-state index is 12.9. The first-order valence-corrected chi connectivity index (χ1v) is 13.8. The van der Waals surface area contributed by atoms with Gasteiger partial charge in [-0.15, -0.1) is 0 Å². The number of fused-ring (bicyclic) bond motifs is 3. The molecule has 1 aromatic heterocycles. The molecule has 1 aliphatic heterocycles. The SMILES string of the molecule is CNC(=O)[C@H]1C[C@H]2C[C@H](C2(C)C)[C@@]1(C)Nc1nc(Nc2ccc3c(c2)OCCN3CCN(C)C)ncc1C. The first-order valence-electron chi connectivity index (χ1n) is 13.8. The van der Waals surface area contributed by atoms with E-state index in [-0.39, 0.29) is 17.2 Å². The molecule has 1 aromatic carbocycles. The molecule has 4 atom stereocenters. The molecule has 0 unspecified atom stereocenters. The Morgan fingerprint density at radius 2 is 2.03 bits per heavy atom. The summed E-state index contributed by atoms with van der Waals surface area (Å²) >= 11 is 0. The van der Waals surface area contributed by atoms with Crippen LogP contribution in [0.15, 0.2) is 24.4 Å². The molecule has 38 heavy (non-hydrogen) atoms. The normalized spacial score (nSPS) is 27.2. The molecular weight excluding hydrogens is 478 g/mol. The second-order valence-corrected chi connectivity index (χ2v) is 12.3. The van der Waals surface area contributed by atoms with Crippen molar-refractivity contribution in [3.05, 3.63) is 30.0 Å². The van der Waals surface area contributed by atoms with Crippen molar-refractivity contribution in [2.24, 2.45) is 23.2 Å². The minimum absolute atomic E-state index is 0.101. The fraction of sp³-hybridized carbons (Fsp3) is 0.621. The van der Waals surface area contributed by atoms with Gasteiger partial charge in [0.1, 0.15) is 18.2 Å². The Kier molecular flexibility index (Phi) is 6.92. The number of hydrogen-bond donors (Lipinski definition) is 3. The molecule has 3 fully saturated rings. The lowest BCUT2D eigenvalue weighted by atomic mass is 9.40. The molecule has 2 aromatic rings. The van der Waals surface area contributed by atoms with Gasteiger partial charge in [-0.1, -0.05) is 13.8 Å². The fourth-order valence-corrected chi connectivity index (χ4v) is 6.85. The standard InChI is InChI=1S/C29H43N7O2/c1-18-17-31-27(32-20-8-9-22-23(16-20)38-13-12-36(22)11-10-35(6)7)33-25(18)34-29(4)21(26(37)30-5)14-19-15-24(29)28(19,2)3/h8-9,16-17,19,21,24H,10-15H2,1-7H3,(H,30,37)(H2,31,32,33,34)/t19-,21+,24+,29-/m0/s1. The zero-order valence-electron chi connectivity index (χ0n) is 23.9. The van der Waals surface area contributed by atoms with Gasteiger partial charge in [0.2, 0.25) is 11.9 Å². The van der Waals surface area contributed by atoms with Crippen molar-refractivity contribution in [2.75, 3.05) is 62.9 Å². The van der Waals surface area contributed by atoms with E-state index in [0.29, 0.717) is 24.4 Å². The Hall–Kier alpha value is -3.07. The van der Waals surface area contributed by atoms with Crippen LogP contribution >= 0.6 is 0 Å². The highest BCUT2D eigenvalue weighted by atomic mass is 16.5. The van der Waals surface area contributed by atoms with Crippen LogP contribution in [0, 0.1) is 30.1 Å². The predicted octanol–water partition coefficient (Wildman–Crippen LogP) is 3.89. The van der Waals surface area contributed by atoms with Crippen LogP contribution in [-0.2, 0) is 4.79 Å². The number of carbonyl (C=O) groups excluding carboxylic acids is 1. The van der Waals surface area contributed by atoms with Crippen LogP contribution in [0.3, 0.4) is 0 Å². The molecule has 3 N–H and O–H groups in total. The van der Waals surface area contributed by atoms with Gasteiger partial charge in [-0.3, -0.25) is 4.79 Å². The third-order valence-corrected chi connectivity index (χ3v) is 9.35. The molecule has 2 bridgehead atoms. The molecule has 0 radical (unpaired) electrons. The number of nitrogens with one attached hydrogen (secondary N) is 3. The number of carbonyl (C=O) groups is 1. The lowest BCUT2D eigenvalue weighted by Crippen LogP contribution is -2.69. The molecule has 3 aliphatic carbocycles. The molecule has 1 amide bonds. The average molecular weight is 522 g/mol. The van der Waals surface area contributed by atoms with Crippen LogP contribution in [0.1, 0.15) is 39.2 Å². The summed E-state index contributed by atoms with van der Waals surface area (Å²) in [7, 11) is 5.92. The molecule has 2 heterocycles. The molecule has 4 aliphatic rings. The van der Waals surface area contributed by atoms with Crippen LogP contribution in [0.25, 0.3) is 0 Å². The summed E-state index contributed by atoms with van der Waals surface area (Å²) in [5.74, 6) is 3.11. The van der Waals surface area contributed by atoms with E-state index in [4.69, 9.17) is 9.72 Å². The minimum Gasteiger partial charge on any atom is -0.489 e. The molecule has 0 spiro atoms. The van der Waals surface area contributed by atoms with Gasteiger partial charge in [0, 0.05) is 43.7 Å². The minimum atomic E-state index is -0.398. The number of rotatable bonds is 8. The average Bonchev–Trinajstić information content (AvgIpc) is 2.88. The summed E-state index contributed by atoms with van der Waals surface area (Å²) in [5.41, 5.74) is 2.74. The third-order valence-electron chi connectivity index (χ3n) is 9.35. The maximum atomic E-state index is 12.9. The largest absolute Gasteiger partial charge is 0.489 e. The highest BCUT2D eigenvalue weighted by molar-refractivity contribution is 5.81. The van der Waals surface area contributed by atoms with Gasteiger partial charge < -0.3 is 30.5 Å². The number of anilines is 4. The lowest BCUT2D eigenvalue weighted by molar-refractivity contribution is -0.155. The van der Waals surface area contributed by atoms with Gasteiger partial charge >= 0.3 is 0 Å².